The minimum absolute atomic E-state index is 0.0723. The molecular formula is C18H16ClFN6O. The van der Waals surface area contributed by atoms with E-state index in [1.807, 2.05) is 12.1 Å². The summed E-state index contributed by atoms with van der Waals surface area (Å²) >= 11 is 5.86. The minimum atomic E-state index is -0.657. The Bertz CT molecular complexity index is 887. The Labute approximate surface area is 160 Å². The Kier molecular flexibility index (Phi) is 6.11. The van der Waals surface area contributed by atoms with Crippen LogP contribution in [0.15, 0.2) is 54.9 Å². The van der Waals surface area contributed by atoms with Crippen LogP contribution < -0.4 is 16.0 Å². The number of rotatable bonds is 7. The predicted molar refractivity (Wildman–Crippen MR) is 102 cm³/mol. The van der Waals surface area contributed by atoms with Crippen molar-refractivity contribution >= 4 is 34.8 Å². The number of hydrogen-bond acceptors (Lipinski definition) is 6. The lowest BCUT2D eigenvalue weighted by molar-refractivity contribution is 0.0951. The summed E-state index contributed by atoms with van der Waals surface area (Å²) < 4.78 is 13.7. The Morgan fingerprint density at radius 2 is 1.85 bits per heavy atom. The van der Waals surface area contributed by atoms with Crippen LogP contribution in [-0.4, -0.2) is 34.2 Å². The summed E-state index contributed by atoms with van der Waals surface area (Å²) in [7, 11) is 0. The van der Waals surface area contributed by atoms with Gasteiger partial charge in [0, 0.05) is 19.3 Å². The molecule has 0 spiro atoms. The second-order valence-corrected chi connectivity index (χ2v) is 5.86. The van der Waals surface area contributed by atoms with Gasteiger partial charge < -0.3 is 16.0 Å². The van der Waals surface area contributed by atoms with E-state index in [1.54, 1.807) is 24.5 Å². The van der Waals surface area contributed by atoms with E-state index in [2.05, 4.69) is 31.1 Å². The molecule has 0 bridgehead atoms. The fourth-order valence-electron chi connectivity index (χ4n) is 2.25. The van der Waals surface area contributed by atoms with Crippen LogP contribution in [0.3, 0.4) is 0 Å². The van der Waals surface area contributed by atoms with Crippen LogP contribution in [0.2, 0.25) is 5.02 Å². The van der Waals surface area contributed by atoms with E-state index >= 15 is 0 Å². The standard InChI is InChI=1S/C18H16ClFN6O/c19-13-4-1-5-14(20)17(13)18(27)23-10-9-22-15-6-7-16(26-25-15)24-12-3-2-8-21-11-12/h1-8,11H,9-10H2,(H,22,25)(H,23,27)(H,24,26). The van der Waals surface area contributed by atoms with Crippen molar-refractivity contribution in [3.05, 3.63) is 71.3 Å². The second-order valence-electron chi connectivity index (χ2n) is 5.45. The molecule has 0 saturated carbocycles. The molecule has 1 aromatic carbocycles. The molecule has 0 radical (unpaired) electrons. The van der Waals surface area contributed by atoms with Crippen molar-refractivity contribution in [1.82, 2.24) is 20.5 Å². The van der Waals surface area contributed by atoms with Crippen LogP contribution >= 0.6 is 11.6 Å². The van der Waals surface area contributed by atoms with Crippen molar-refractivity contribution in [2.24, 2.45) is 0 Å². The number of hydrogen-bond donors (Lipinski definition) is 3. The Balaban J connectivity index is 1.46. The van der Waals surface area contributed by atoms with Crippen LogP contribution in [0.25, 0.3) is 0 Å². The lowest BCUT2D eigenvalue weighted by Crippen LogP contribution is -2.29. The van der Waals surface area contributed by atoms with E-state index in [0.29, 0.717) is 18.2 Å². The summed E-state index contributed by atoms with van der Waals surface area (Å²) in [5.41, 5.74) is 0.645. The van der Waals surface area contributed by atoms with Crippen LogP contribution in [0, 0.1) is 5.82 Å². The highest BCUT2D eigenvalue weighted by atomic mass is 35.5. The number of aromatic nitrogens is 3. The quantitative estimate of drug-likeness (QED) is 0.540. The Morgan fingerprint density at radius 3 is 2.56 bits per heavy atom. The SMILES string of the molecule is O=C(NCCNc1ccc(Nc2cccnc2)nn1)c1c(F)cccc1Cl. The molecule has 0 aliphatic heterocycles. The van der Waals surface area contributed by atoms with Crippen molar-refractivity contribution in [2.75, 3.05) is 23.7 Å². The third kappa shape index (κ3) is 5.11. The van der Waals surface area contributed by atoms with Gasteiger partial charge in [-0.2, -0.15) is 0 Å². The highest BCUT2D eigenvalue weighted by Gasteiger charge is 2.14. The lowest BCUT2D eigenvalue weighted by atomic mass is 10.2. The molecule has 9 heteroatoms. The molecule has 27 heavy (non-hydrogen) atoms. The van der Waals surface area contributed by atoms with Gasteiger partial charge in [-0.3, -0.25) is 9.78 Å². The normalized spacial score (nSPS) is 10.3. The highest BCUT2D eigenvalue weighted by molar-refractivity contribution is 6.33. The number of amides is 1. The van der Waals surface area contributed by atoms with Crippen LogP contribution in [0.5, 0.6) is 0 Å². The first-order valence-corrected chi connectivity index (χ1v) is 8.48. The average Bonchev–Trinajstić information content (AvgIpc) is 2.67. The molecule has 3 N–H and O–H groups in total. The van der Waals surface area contributed by atoms with Gasteiger partial charge >= 0.3 is 0 Å². The summed E-state index contributed by atoms with van der Waals surface area (Å²) in [6.07, 6.45) is 3.36. The molecule has 3 rings (SSSR count). The fraction of sp³-hybridized carbons (Fsp3) is 0.111. The van der Waals surface area contributed by atoms with Gasteiger partial charge in [0.2, 0.25) is 0 Å². The van der Waals surface area contributed by atoms with Gasteiger partial charge in [-0.1, -0.05) is 17.7 Å². The molecule has 1 amide bonds. The first kappa shape index (κ1) is 18.5. The number of carbonyl (C=O) groups is 1. The number of benzene rings is 1. The number of carbonyl (C=O) groups excluding carboxylic acids is 1. The Morgan fingerprint density at radius 1 is 1.04 bits per heavy atom. The molecule has 0 aliphatic rings. The van der Waals surface area contributed by atoms with Crippen molar-refractivity contribution in [3.8, 4) is 0 Å². The molecule has 7 nitrogen and oxygen atoms in total. The summed E-state index contributed by atoms with van der Waals surface area (Å²) in [5, 5.41) is 16.9. The van der Waals surface area contributed by atoms with Crippen molar-refractivity contribution < 1.29 is 9.18 Å². The number of halogens is 2. The topological polar surface area (TPSA) is 91.8 Å². The van der Waals surface area contributed by atoms with Gasteiger partial charge in [-0.25, -0.2) is 4.39 Å². The van der Waals surface area contributed by atoms with Crippen LogP contribution in [0.1, 0.15) is 10.4 Å². The number of nitrogens with one attached hydrogen (secondary N) is 3. The Hall–Kier alpha value is -3.26. The molecule has 2 aromatic heterocycles. The summed E-state index contributed by atoms with van der Waals surface area (Å²) in [6, 6.07) is 11.3. The van der Waals surface area contributed by atoms with Gasteiger partial charge in [0.15, 0.2) is 5.82 Å². The molecule has 0 fully saturated rings. The summed E-state index contributed by atoms with van der Waals surface area (Å²) in [6.45, 7) is 0.655. The zero-order chi connectivity index (χ0) is 19.1. The molecular weight excluding hydrogens is 371 g/mol. The second kappa shape index (κ2) is 8.91. The van der Waals surface area contributed by atoms with Gasteiger partial charge in [-0.05, 0) is 36.4 Å². The van der Waals surface area contributed by atoms with E-state index in [9.17, 15) is 9.18 Å². The maximum atomic E-state index is 13.7. The van der Waals surface area contributed by atoms with E-state index in [0.717, 1.165) is 5.69 Å². The first-order valence-electron chi connectivity index (χ1n) is 8.10. The number of pyridine rings is 1. The molecule has 0 aliphatic carbocycles. The predicted octanol–water partition coefficient (Wildman–Crippen LogP) is 3.25. The maximum Gasteiger partial charge on any atom is 0.255 e. The molecule has 3 aromatic rings. The summed E-state index contributed by atoms with van der Waals surface area (Å²) in [4.78, 5) is 16.0. The van der Waals surface area contributed by atoms with Crippen molar-refractivity contribution in [1.29, 1.82) is 0 Å². The van der Waals surface area contributed by atoms with Gasteiger partial charge in [-0.15, -0.1) is 10.2 Å². The lowest BCUT2D eigenvalue weighted by Gasteiger charge is -2.09. The first-order chi connectivity index (χ1) is 13.1. The third-order valence-corrected chi connectivity index (χ3v) is 3.82. The summed E-state index contributed by atoms with van der Waals surface area (Å²) in [5.74, 6) is -0.0986. The smallest absolute Gasteiger partial charge is 0.255 e. The van der Waals surface area contributed by atoms with Gasteiger partial charge in [0.05, 0.1) is 22.5 Å². The minimum Gasteiger partial charge on any atom is -0.367 e. The van der Waals surface area contributed by atoms with E-state index in [1.165, 1.54) is 18.2 Å². The highest BCUT2D eigenvalue weighted by Crippen LogP contribution is 2.18. The maximum absolute atomic E-state index is 13.7. The number of anilines is 3. The fourth-order valence-corrected chi connectivity index (χ4v) is 2.50. The van der Waals surface area contributed by atoms with Crippen LogP contribution in [-0.2, 0) is 0 Å². The van der Waals surface area contributed by atoms with E-state index in [-0.39, 0.29) is 17.1 Å². The largest absolute Gasteiger partial charge is 0.367 e. The molecule has 138 valence electrons. The third-order valence-electron chi connectivity index (χ3n) is 3.50. The van der Waals surface area contributed by atoms with Gasteiger partial charge in [0.25, 0.3) is 5.91 Å². The zero-order valence-corrected chi connectivity index (χ0v) is 14.9. The van der Waals surface area contributed by atoms with Gasteiger partial charge in [0.1, 0.15) is 11.6 Å². The molecule has 0 atom stereocenters. The van der Waals surface area contributed by atoms with E-state index < -0.39 is 11.7 Å². The molecule has 2 heterocycles. The number of nitrogens with zero attached hydrogens (tertiary/aromatic N) is 3. The van der Waals surface area contributed by atoms with Crippen molar-refractivity contribution in [3.63, 3.8) is 0 Å². The molecule has 0 saturated heterocycles. The monoisotopic (exact) mass is 386 g/mol. The van der Waals surface area contributed by atoms with Crippen molar-refractivity contribution in [2.45, 2.75) is 0 Å². The average molecular weight is 387 g/mol. The molecule has 0 unspecified atom stereocenters. The van der Waals surface area contributed by atoms with E-state index in [4.69, 9.17) is 11.6 Å². The van der Waals surface area contributed by atoms with Crippen LogP contribution in [0.4, 0.5) is 21.7 Å². The zero-order valence-electron chi connectivity index (χ0n) is 14.1.